The number of rotatable bonds is 7. The van der Waals surface area contributed by atoms with E-state index in [4.69, 9.17) is 18.6 Å². The first-order valence-corrected chi connectivity index (χ1v) is 10.4. The summed E-state index contributed by atoms with van der Waals surface area (Å²) in [6.45, 7) is 1.99. The van der Waals surface area contributed by atoms with Crippen LogP contribution >= 0.6 is 0 Å². The molecule has 0 radical (unpaired) electrons. The predicted molar refractivity (Wildman–Crippen MR) is 113 cm³/mol. The summed E-state index contributed by atoms with van der Waals surface area (Å²) >= 11 is 0. The van der Waals surface area contributed by atoms with Crippen molar-refractivity contribution in [1.82, 2.24) is 9.80 Å². The molecule has 3 heterocycles. The van der Waals surface area contributed by atoms with E-state index >= 15 is 0 Å². The molecule has 164 valence electrons. The van der Waals surface area contributed by atoms with Gasteiger partial charge in [0.1, 0.15) is 23.9 Å². The molecule has 2 fully saturated rings. The first kappa shape index (κ1) is 20.8. The third-order valence-corrected chi connectivity index (χ3v) is 5.55. The number of likely N-dealkylation sites (tertiary alicyclic amines) is 1. The van der Waals surface area contributed by atoms with E-state index in [9.17, 15) is 9.59 Å². The van der Waals surface area contributed by atoms with Crippen LogP contribution in [0.2, 0.25) is 0 Å². The molecule has 8 heteroatoms. The van der Waals surface area contributed by atoms with Gasteiger partial charge in [-0.3, -0.25) is 4.79 Å². The van der Waals surface area contributed by atoms with Crippen LogP contribution in [0.4, 0.5) is 4.79 Å². The number of ether oxygens (including phenoxy) is 3. The van der Waals surface area contributed by atoms with Gasteiger partial charge in [-0.2, -0.15) is 0 Å². The van der Waals surface area contributed by atoms with Crippen LogP contribution < -0.4 is 9.47 Å². The molecule has 4 rings (SSSR count). The largest absolute Gasteiger partial charge is 0.497 e. The van der Waals surface area contributed by atoms with Gasteiger partial charge in [0.15, 0.2) is 6.10 Å². The molecule has 31 heavy (non-hydrogen) atoms. The van der Waals surface area contributed by atoms with E-state index in [0.29, 0.717) is 37.8 Å². The van der Waals surface area contributed by atoms with Gasteiger partial charge in [0.05, 0.1) is 19.9 Å². The maximum atomic E-state index is 12.4. The van der Waals surface area contributed by atoms with Crippen molar-refractivity contribution in [1.29, 1.82) is 0 Å². The van der Waals surface area contributed by atoms with Crippen LogP contribution in [0.3, 0.4) is 0 Å². The molecule has 2 saturated heterocycles. The predicted octanol–water partition coefficient (Wildman–Crippen LogP) is 3.19. The molecule has 2 amide bonds. The molecule has 1 aromatic heterocycles. The average Bonchev–Trinajstić information content (AvgIpc) is 3.46. The van der Waals surface area contributed by atoms with Gasteiger partial charge in [0, 0.05) is 25.2 Å². The van der Waals surface area contributed by atoms with Gasteiger partial charge in [-0.25, -0.2) is 4.79 Å². The van der Waals surface area contributed by atoms with Gasteiger partial charge < -0.3 is 28.4 Å². The molecular formula is C23H26N2O6. The second-order valence-electron chi connectivity index (χ2n) is 7.55. The lowest BCUT2D eigenvalue weighted by atomic mass is 10.0. The fraction of sp³-hybridized carbons (Fsp3) is 0.391. The third kappa shape index (κ3) is 5.20. The number of cyclic esters (lactones) is 1. The van der Waals surface area contributed by atoms with Crippen molar-refractivity contribution in [2.45, 2.75) is 25.0 Å². The molecule has 0 aliphatic carbocycles. The smallest absolute Gasteiger partial charge is 0.410 e. The van der Waals surface area contributed by atoms with Gasteiger partial charge in [0.2, 0.25) is 5.91 Å². The molecule has 1 unspecified atom stereocenters. The molecule has 0 saturated carbocycles. The lowest BCUT2D eigenvalue weighted by Gasteiger charge is -2.35. The molecule has 0 spiro atoms. The zero-order chi connectivity index (χ0) is 21.6. The number of piperidine rings is 1. The number of carbonyl (C=O) groups excluding carboxylic acids is 2. The molecule has 1 atom stereocenters. The topological polar surface area (TPSA) is 81.5 Å². The van der Waals surface area contributed by atoms with E-state index in [1.54, 1.807) is 41.4 Å². The Labute approximate surface area is 181 Å². The zero-order valence-corrected chi connectivity index (χ0v) is 17.4. The first-order chi connectivity index (χ1) is 15.1. The summed E-state index contributed by atoms with van der Waals surface area (Å²) in [5.74, 6) is 2.05. The van der Waals surface area contributed by atoms with E-state index < -0.39 is 0 Å². The van der Waals surface area contributed by atoms with Crippen LogP contribution in [-0.2, 0) is 9.53 Å². The standard InChI is InChI=1S/C23H26N2O6/c1-28-18-4-6-20(7-5-18)30-16-21-15-25(23(27)31-21)17-10-12-24(13-11-17)22(26)9-8-19-3-2-14-29-19/h2-9,14,17,21H,10-13,15-16H2,1H3. The van der Waals surface area contributed by atoms with Crippen LogP contribution in [-0.4, -0.2) is 67.3 Å². The van der Waals surface area contributed by atoms with Crippen LogP contribution in [0.25, 0.3) is 6.08 Å². The molecule has 0 bridgehead atoms. The summed E-state index contributed by atoms with van der Waals surface area (Å²) in [7, 11) is 1.61. The van der Waals surface area contributed by atoms with Crippen molar-refractivity contribution in [3.8, 4) is 11.5 Å². The van der Waals surface area contributed by atoms with Gasteiger partial charge >= 0.3 is 6.09 Å². The fourth-order valence-corrected chi connectivity index (χ4v) is 3.83. The van der Waals surface area contributed by atoms with Gasteiger partial charge in [-0.05, 0) is 55.3 Å². The number of nitrogens with zero attached hydrogens (tertiary/aromatic N) is 2. The Hall–Kier alpha value is -3.42. The second-order valence-corrected chi connectivity index (χ2v) is 7.55. The maximum Gasteiger partial charge on any atom is 0.410 e. The highest BCUT2D eigenvalue weighted by Gasteiger charge is 2.38. The molecule has 0 N–H and O–H groups in total. The van der Waals surface area contributed by atoms with E-state index in [-0.39, 0.29) is 24.1 Å². The minimum atomic E-state index is -0.314. The Balaban J connectivity index is 1.23. The van der Waals surface area contributed by atoms with Gasteiger partial charge in [0.25, 0.3) is 0 Å². The average molecular weight is 426 g/mol. The van der Waals surface area contributed by atoms with Gasteiger partial charge in [-0.15, -0.1) is 0 Å². The van der Waals surface area contributed by atoms with Crippen LogP contribution in [0, 0.1) is 0 Å². The summed E-state index contributed by atoms with van der Waals surface area (Å²) in [6.07, 6.45) is 5.58. The minimum absolute atomic E-state index is 0.0513. The third-order valence-electron chi connectivity index (χ3n) is 5.55. The number of methoxy groups -OCH3 is 1. The Bertz CT molecular complexity index is 901. The molecular weight excluding hydrogens is 400 g/mol. The summed E-state index contributed by atoms with van der Waals surface area (Å²) in [5.41, 5.74) is 0. The number of benzene rings is 1. The fourth-order valence-electron chi connectivity index (χ4n) is 3.83. The van der Waals surface area contributed by atoms with E-state index in [2.05, 4.69) is 0 Å². The van der Waals surface area contributed by atoms with Crippen molar-refractivity contribution in [3.63, 3.8) is 0 Å². The summed E-state index contributed by atoms with van der Waals surface area (Å²) < 4.78 is 21.6. The van der Waals surface area contributed by atoms with Crippen molar-refractivity contribution in [2.75, 3.05) is 33.4 Å². The first-order valence-electron chi connectivity index (χ1n) is 10.4. The maximum absolute atomic E-state index is 12.4. The molecule has 2 aromatic rings. The summed E-state index contributed by atoms with van der Waals surface area (Å²) in [6, 6.07) is 10.9. The number of furan rings is 1. The molecule has 2 aliphatic rings. The highest BCUT2D eigenvalue weighted by Crippen LogP contribution is 2.24. The molecule has 1 aromatic carbocycles. The number of carbonyl (C=O) groups is 2. The van der Waals surface area contributed by atoms with E-state index in [0.717, 1.165) is 18.6 Å². The van der Waals surface area contributed by atoms with Crippen molar-refractivity contribution < 1.29 is 28.2 Å². The number of hydrogen-bond acceptors (Lipinski definition) is 6. The Morgan fingerprint density at radius 1 is 1.16 bits per heavy atom. The molecule has 2 aliphatic heterocycles. The SMILES string of the molecule is COc1ccc(OCC2CN(C3CCN(C(=O)C=Cc4ccco4)CC3)C(=O)O2)cc1. The monoisotopic (exact) mass is 426 g/mol. The normalized spacial score (nSPS) is 19.6. The van der Waals surface area contributed by atoms with Crippen LogP contribution in [0.15, 0.2) is 53.2 Å². The summed E-state index contributed by atoms with van der Waals surface area (Å²) in [5, 5.41) is 0. The van der Waals surface area contributed by atoms with Gasteiger partial charge in [-0.1, -0.05) is 0 Å². The zero-order valence-electron chi connectivity index (χ0n) is 17.4. The van der Waals surface area contributed by atoms with Crippen molar-refractivity contribution in [3.05, 3.63) is 54.5 Å². The highest BCUT2D eigenvalue weighted by molar-refractivity contribution is 5.91. The quantitative estimate of drug-likeness (QED) is 0.633. The minimum Gasteiger partial charge on any atom is -0.497 e. The number of amides is 2. The Morgan fingerprint density at radius 3 is 2.58 bits per heavy atom. The van der Waals surface area contributed by atoms with Crippen LogP contribution in [0.5, 0.6) is 11.5 Å². The Kier molecular flexibility index (Phi) is 6.45. The van der Waals surface area contributed by atoms with Crippen molar-refractivity contribution in [2.24, 2.45) is 0 Å². The number of hydrogen-bond donors (Lipinski definition) is 0. The second kappa shape index (κ2) is 9.59. The lowest BCUT2D eigenvalue weighted by Crippen LogP contribution is -2.47. The summed E-state index contributed by atoms with van der Waals surface area (Å²) in [4.78, 5) is 28.3. The Morgan fingerprint density at radius 2 is 1.90 bits per heavy atom. The van der Waals surface area contributed by atoms with E-state index in [1.807, 2.05) is 24.3 Å². The highest BCUT2D eigenvalue weighted by atomic mass is 16.6. The molecule has 8 nitrogen and oxygen atoms in total. The van der Waals surface area contributed by atoms with Crippen LogP contribution in [0.1, 0.15) is 18.6 Å². The van der Waals surface area contributed by atoms with Crippen molar-refractivity contribution >= 4 is 18.1 Å². The van der Waals surface area contributed by atoms with E-state index in [1.165, 1.54) is 6.08 Å². The lowest BCUT2D eigenvalue weighted by molar-refractivity contribution is -0.127.